The molecular formula is C21H19F6N5O5. The van der Waals surface area contributed by atoms with Gasteiger partial charge >= 0.3 is 24.5 Å². The fourth-order valence-electron chi connectivity index (χ4n) is 3.40. The number of alkyl halides is 6. The van der Waals surface area contributed by atoms with Crippen LogP contribution < -0.4 is 26.0 Å². The molecule has 0 saturated heterocycles. The van der Waals surface area contributed by atoms with E-state index in [1.807, 2.05) is 0 Å². The number of benzene rings is 1. The van der Waals surface area contributed by atoms with Crippen molar-refractivity contribution in [3.8, 4) is 11.6 Å². The highest BCUT2D eigenvalue weighted by Gasteiger charge is 2.39. The minimum absolute atomic E-state index is 0.0503. The summed E-state index contributed by atoms with van der Waals surface area (Å²) in [6.07, 6.45) is -13.7. The SMILES string of the molecule is C[C@H](OC(=O)Nc1cc2c(c(Oc3cccc(C(F)(F)F)n3)c1)N(C)C(=O)C(NC(N)=O)C2)C(F)(F)F. The van der Waals surface area contributed by atoms with Crippen molar-refractivity contribution in [2.24, 2.45) is 5.73 Å². The number of nitrogens with one attached hydrogen (secondary N) is 2. The number of nitrogens with zero attached hydrogens (tertiary/aromatic N) is 2. The number of primary amides is 1. The van der Waals surface area contributed by atoms with Crippen LogP contribution in [0.4, 0.5) is 47.3 Å². The number of carbonyl (C=O) groups is 3. The molecule has 0 bridgehead atoms. The molecule has 1 aliphatic rings. The standard InChI is InChI=1S/C21H19F6N5O5/c1-9(20(22,23)24)36-19(35)29-11-6-10-7-12(30-18(28)34)17(33)32(2)16(10)13(8-11)37-15-5-3-4-14(31-15)21(25,26)27/h3-6,8-9,12H,7H2,1-2H3,(H,29,35)(H3,28,30,34)/t9-,12?/m0/s1. The Morgan fingerprint density at radius 3 is 2.46 bits per heavy atom. The zero-order valence-electron chi connectivity index (χ0n) is 19.0. The van der Waals surface area contributed by atoms with E-state index in [-0.39, 0.29) is 29.1 Å². The molecule has 0 aliphatic carbocycles. The van der Waals surface area contributed by atoms with E-state index in [1.165, 1.54) is 13.1 Å². The largest absolute Gasteiger partial charge is 0.437 e. The summed E-state index contributed by atoms with van der Waals surface area (Å²) >= 11 is 0. The average Bonchev–Trinajstić information content (AvgIpc) is 2.75. The first kappa shape index (κ1) is 27.3. The fourth-order valence-corrected chi connectivity index (χ4v) is 3.40. The van der Waals surface area contributed by atoms with Gasteiger partial charge in [-0.15, -0.1) is 0 Å². The number of hydrogen-bond donors (Lipinski definition) is 3. The highest BCUT2D eigenvalue weighted by molar-refractivity contribution is 6.03. The van der Waals surface area contributed by atoms with E-state index in [4.69, 9.17) is 10.5 Å². The van der Waals surface area contributed by atoms with Crippen molar-refractivity contribution in [3.63, 3.8) is 0 Å². The molecule has 1 aromatic heterocycles. The molecule has 4 amide bonds. The van der Waals surface area contributed by atoms with E-state index < -0.39 is 54.1 Å². The van der Waals surface area contributed by atoms with Crippen molar-refractivity contribution in [2.75, 3.05) is 17.3 Å². The number of pyridine rings is 1. The van der Waals surface area contributed by atoms with Crippen molar-refractivity contribution in [3.05, 3.63) is 41.6 Å². The van der Waals surface area contributed by atoms with Crippen molar-refractivity contribution >= 4 is 29.4 Å². The molecule has 3 rings (SSSR count). The number of fused-ring (bicyclic) bond motifs is 1. The molecule has 4 N–H and O–H groups in total. The number of halogens is 6. The van der Waals surface area contributed by atoms with Crippen LogP contribution in [0, 0.1) is 0 Å². The van der Waals surface area contributed by atoms with Crippen molar-refractivity contribution in [1.29, 1.82) is 0 Å². The minimum Gasteiger partial charge on any atom is -0.437 e. The Bertz CT molecular complexity index is 1220. The number of rotatable bonds is 5. The number of carbonyl (C=O) groups excluding carboxylic acids is 3. The lowest BCUT2D eigenvalue weighted by Gasteiger charge is -2.33. The van der Waals surface area contributed by atoms with Crippen LogP contribution in [0.1, 0.15) is 18.2 Å². The number of urea groups is 1. The lowest BCUT2D eigenvalue weighted by molar-refractivity contribution is -0.196. The Balaban J connectivity index is 2.02. The zero-order chi connectivity index (χ0) is 27.7. The molecule has 10 nitrogen and oxygen atoms in total. The molecule has 37 heavy (non-hydrogen) atoms. The van der Waals surface area contributed by atoms with E-state index in [2.05, 4.69) is 20.4 Å². The third-order valence-electron chi connectivity index (χ3n) is 5.08. The molecule has 2 atom stereocenters. The molecule has 2 aromatic rings. The summed E-state index contributed by atoms with van der Waals surface area (Å²) < 4.78 is 87.2. The fraction of sp³-hybridized carbons (Fsp3) is 0.333. The first-order chi connectivity index (χ1) is 17.1. The van der Waals surface area contributed by atoms with Crippen molar-refractivity contribution in [2.45, 2.75) is 37.8 Å². The third-order valence-corrected chi connectivity index (χ3v) is 5.08. The molecule has 0 fully saturated rings. The second-order valence-corrected chi connectivity index (χ2v) is 7.82. The molecule has 0 saturated carbocycles. The molecule has 16 heteroatoms. The van der Waals surface area contributed by atoms with Gasteiger partial charge in [0, 0.05) is 31.3 Å². The van der Waals surface area contributed by atoms with E-state index in [0.29, 0.717) is 13.0 Å². The summed E-state index contributed by atoms with van der Waals surface area (Å²) in [5.74, 6) is -1.44. The number of anilines is 2. The zero-order valence-corrected chi connectivity index (χ0v) is 19.0. The van der Waals surface area contributed by atoms with Gasteiger partial charge < -0.3 is 25.4 Å². The number of ether oxygens (including phenoxy) is 2. The predicted octanol–water partition coefficient (Wildman–Crippen LogP) is 3.95. The number of hydrogen-bond acceptors (Lipinski definition) is 6. The Morgan fingerprint density at radius 2 is 1.86 bits per heavy atom. The van der Waals surface area contributed by atoms with Gasteiger partial charge in [-0.1, -0.05) is 6.07 Å². The van der Waals surface area contributed by atoms with Gasteiger partial charge in [0.1, 0.15) is 11.7 Å². The number of likely N-dealkylation sites (N-methyl/N-ethyl adjacent to an activating group) is 1. The summed E-state index contributed by atoms with van der Waals surface area (Å²) in [5.41, 5.74) is 3.92. The number of nitrogens with two attached hydrogens (primary N) is 1. The average molecular weight is 535 g/mol. The summed E-state index contributed by atoms with van der Waals surface area (Å²) in [5, 5.41) is 4.31. The summed E-state index contributed by atoms with van der Waals surface area (Å²) in [4.78, 5) is 40.5. The summed E-state index contributed by atoms with van der Waals surface area (Å²) in [6, 6.07) is 2.99. The van der Waals surface area contributed by atoms with E-state index in [9.17, 15) is 40.7 Å². The van der Waals surface area contributed by atoms with E-state index >= 15 is 0 Å². The summed E-state index contributed by atoms with van der Waals surface area (Å²) in [6.45, 7) is 0.612. The Labute approximate surface area is 204 Å². The maximum absolute atomic E-state index is 13.1. The van der Waals surface area contributed by atoms with Crippen LogP contribution in [0.5, 0.6) is 11.6 Å². The van der Waals surface area contributed by atoms with Crippen LogP contribution in [0.15, 0.2) is 30.3 Å². The van der Waals surface area contributed by atoms with Gasteiger partial charge in [-0.3, -0.25) is 10.1 Å². The first-order valence-corrected chi connectivity index (χ1v) is 10.3. The van der Waals surface area contributed by atoms with Crippen LogP contribution >= 0.6 is 0 Å². The molecule has 2 heterocycles. The first-order valence-electron chi connectivity index (χ1n) is 10.3. The van der Waals surface area contributed by atoms with Gasteiger partial charge in [-0.2, -0.15) is 26.3 Å². The number of amides is 4. The monoisotopic (exact) mass is 535 g/mol. The van der Waals surface area contributed by atoms with Crippen LogP contribution in [0.25, 0.3) is 0 Å². The van der Waals surface area contributed by atoms with Crippen LogP contribution in [-0.4, -0.2) is 48.4 Å². The quantitative estimate of drug-likeness (QED) is 0.497. The van der Waals surface area contributed by atoms with Crippen molar-refractivity contribution in [1.82, 2.24) is 10.3 Å². The van der Waals surface area contributed by atoms with Gasteiger partial charge in [0.05, 0.1) is 5.69 Å². The maximum atomic E-state index is 13.1. The molecule has 0 spiro atoms. The van der Waals surface area contributed by atoms with E-state index in [0.717, 1.165) is 23.1 Å². The Kier molecular flexibility index (Phi) is 7.41. The number of aromatic nitrogens is 1. The smallest absolute Gasteiger partial charge is 0.433 e. The lowest BCUT2D eigenvalue weighted by atomic mass is 9.96. The van der Waals surface area contributed by atoms with Crippen LogP contribution in [-0.2, 0) is 22.1 Å². The van der Waals surface area contributed by atoms with Crippen LogP contribution in [0.2, 0.25) is 0 Å². The highest BCUT2D eigenvalue weighted by Crippen LogP contribution is 2.41. The molecule has 200 valence electrons. The van der Waals surface area contributed by atoms with Crippen molar-refractivity contribution < 1.29 is 50.2 Å². The Morgan fingerprint density at radius 1 is 1.19 bits per heavy atom. The summed E-state index contributed by atoms with van der Waals surface area (Å²) in [7, 11) is 1.29. The molecule has 0 radical (unpaired) electrons. The minimum atomic E-state index is -4.83. The third kappa shape index (κ3) is 6.50. The van der Waals surface area contributed by atoms with Gasteiger partial charge in [0.15, 0.2) is 11.9 Å². The van der Waals surface area contributed by atoms with Gasteiger partial charge in [0.2, 0.25) is 11.8 Å². The molecule has 1 unspecified atom stereocenters. The van der Waals surface area contributed by atoms with Gasteiger partial charge in [0.25, 0.3) is 0 Å². The molecule has 1 aromatic carbocycles. The molecule has 1 aliphatic heterocycles. The normalized spacial score (nSPS) is 16.5. The molecular weight excluding hydrogens is 516 g/mol. The Hall–Kier alpha value is -4.24. The predicted molar refractivity (Wildman–Crippen MR) is 115 cm³/mol. The second kappa shape index (κ2) is 10.0. The van der Waals surface area contributed by atoms with Gasteiger partial charge in [-0.05, 0) is 24.6 Å². The topological polar surface area (TPSA) is 136 Å². The maximum Gasteiger partial charge on any atom is 0.433 e. The highest BCUT2D eigenvalue weighted by atomic mass is 19.4. The van der Waals surface area contributed by atoms with Crippen LogP contribution in [0.3, 0.4) is 0 Å². The van der Waals surface area contributed by atoms with Gasteiger partial charge in [-0.25, -0.2) is 14.6 Å². The second-order valence-electron chi connectivity index (χ2n) is 7.82. The lowest BCUT2D eigenvalue weighted by Crippen LogP contribution is -2.53. The van der Waals surface area contributed by atoms with E-state index in [1.54, 1.807) is 0 Å².